The van der Waals surface area contributed by atoms with Crippen molar-refractivity contribution in [2.75, 3.05) is 25.5 Å². The number of nitrogens with one attached hydrogen (secondary N) is 1. The molecule has 1 N–H and O–H groups in total. The largest absolute Gasteiger partial charge is 0.373 e. The van der Waals surface area contributed by atoms with Gasteiger partial charge in [-0.1, -0.05) is 0 Å². The molecule has 1 fully saturated rings. The fourth-order valence-corrected chi connectivity index (χ4v) is 4.00. The van der Waals surface area contributed by atoms with E-state index in [1.54, 1.807) is 36.4 Å². The second kappa shape index (κ2) is 7.53. The molecule has 146 valence electrons. The second-order valence-electron chi connectivity index (χ2n) is 7.19. The maximum atomic E-state index is 13.0. The van der Waals surface area contributed by atoms with Gasteiger partial charge in [-0.3, -0.25) is 14.6 Å². The fourth-order valence-electron chi connectivity index (χ4n) is 4.00. The van der Waals surface area contributed by atoms with E-state index in [-0.39, 0.29) is 17.9 Å². The molecule has 8 nitrogen and oxygen atoms in total. The van der Waals surface area contributed by atoms with Gasteiger partial charge in [0.2, 0.25) is 5.91 Å². The smallest absolute Gasteiger partial charge is 0.254 e. The van der Waals surface area contributed by atoms with Crippen LogP contribution < -0.4 is 5.32 Å². The molecule has 28 heavy (non-hydrogen) atoms. The van der Waals surface area contributed by atoms with Crippen LogP contribution in [-0.2, 0) is 17.8 Å². The zero-order valence-corrected chi connectivity index (χ0v) is 16.2. The number of aromatic nitrogens is 3. The van der Waals surface area contributed by atoms with Crippen LogP contribution in [0.5, 0.6) is 0 Å². The van der Waals surface area contributed by atoms with Gasteiger partial charge in [0, 0.05) is 57.0 Å². The van der Waals surface area contributed by atoms with E-state index in [1.165, 1.54) is 0 Å². The van der Waals surface area contributed by atoms with Gasteiger partial charge in [0.15, 0.2) is 5.82 Å². The van der Waals surface area contributed by atoms with Crippen molar-refractivity contribution in [2.24, 2.45) is 0 Å². The number of amides is 2. The zero-order valence-electron chi connectivity index (χ0n) is 16.2. The van der Waals surface area contributed by atoms with Crippen LogP contribution in [0.1, 0.15) is 53.2 Å². The van der Waals surface area contributed by atoms with Gasteiger partial charge in [-0.15, -0.1) is 0 Å². The molecule has 0 aliphatic carbocycles. The SMILES string of the molecule is CNc1nc([C@@H]2CCCN2C(=O)c2ccncc2)nc2c1CN(C(C)=O)CC2. The number of rotatable bonds is 3. The van der Waals surface area contributed by atoms with Crippen molar-refractivity contribution >= 4 is 17.6 Å². The molecule has 0 saturated carbocycles. The van der Waals surface area contributed by atoms with Gasteiger partial charge < -0.3 is 15.1 Å². The molecule has 2 amide bonds. The summed E-state index contributed by atoms with van der Waals surface area (Å²) in [6, 6.07) is 3.34. The minimum absolute atomic E-state index is 0.0139. The number of hydrogen-bond acceptors (Lipinski definition) is 6. The maximum Gasteiger partial charge on any atom is 0.254 e. The van der Waals surface area contributed by atoms with Crippen LogP contribution in [0.15, 0.2) is 24.5 Å². The minimum Gasteiger partial charge on any atom is -0.373 e. The average Bonchev–Trinajstić information content (AvgIpc) is 3.22. The Bertz CT molecular complexity index is 884. The lowest BCUT2D eigenvalue weighted by atomic mass is 10.0. The van der Waals surface area contributed by atoms with E-state index in [0.717, 1.165) is 29.9 Å². The van der Waals surface area contributed by atoms with Crippen LogP contribution in [0.3, 0.4) is 0 Å². The Hall–Kier alpha value is -3.03. The van der Waals surface area contributed by atoms with Gasteiger partial charge in [-0.05, 0) is 25.0 Å². The van der Waals surface area contributed by atoms with E-state index >= 15 is 0 Å². The first-order chi connectivity index (χ1) is 13.6. The molecule has 0 aromatic carbocycles. The summed E-state index contributed by atoms with van der Waals surface area (Å²) in [5.41, 5.74) is 2.57. The second-order valence-corrected chi connectivity index (χ2v) is 7.19. The minimum atomic E-state index is -0.135. The summed E-state index contributed by atoms with van der Waals surface area (Å²) in [7, 11) is 1.83. The lowest BCUT2D eigenvalue weighted by Gasteiger charge is -2.30. The third-order valence-corrected chi connectivity index (χ3v) is 5.50. The molecule has 0 bridgehead atoms. The first kappa shape index (κ1) is 18.3. The summed E-state index contributed by atoms with van der Waals surface area (Å²) in [5, 5.41) is 3.15. The highest BCUT2D eigenvalue weighted by molar-refractivity contribution is 5.94. The Kier molecular flexibility index (Phi) is 4.93. The fraction of sp³-hybridized carbons (Fsp3) is 0.450. The van der Waals surface area contributed by atoms with Crippen molar-refractivity contribution in [3.63, 3.8) is 0 Å². The number of nitrogens with zero attached hydrogens (tertiary/aromatic N) is 5. The Balaban J connectivity index is 1.65. The Morgan fingerprint density at radius 2 is 1.96 bits per heavy atom. The van der Waals surface area contributed by atoms with Gasteiger partial charge in [0.25, 0.3) is 5.91 Å². The summed E-state index contributed by atoms with van der Waals surface area (Å²) in [4.78, 5) is 42.0. The molecule has 2 aromatic rings. The molecule has 2 aromatic heterocycles. The molecule has 0 spiro atoms. The van der Waals surface area contributed by atoms with E-state index in [9.17, 15) is 9.59 Å². The lowest BCUT2D eigenvalue weighted by Crippen LogP contribution is -2.36. The number of fused-ring (bicyclic) bond motifs is 1. The van der Waals surface area contributed by atoms with Crippen molar-refractivity contribution in [3.05, 3.63) is 47.2 Å². The van der Waals surface area contributed by atoms with Gasteiger partial charge in [-0.2, -0.15) is 0 Å². The molecule has 2 aliphatic rings. The Morgan fingerprint density at radius 3 is 2.68 bits per heavy atom. The van der Waals surface area contributed by atoms with Gasteiger partial charge in [-0.25, -0.2) is 9.97 Å². The zero-order chi connectivity index (χ0) is 19.7. The predicted octanol–water partition coefficient (Wildman–Crippen LogP) is 1.80. The maximum absolute atomic E-state index is 13.0. The quantitative estimate of drug-likeness (QED) is 0.873. The Labute approximate surface area is 164 Å². The van der Waals surface area contributed by atoms with Crippen LogP contribution in [0, 0.1) is 0 Å². The van der Waals surface area contributed by atoms with E-state index in [2.05, 4.69) is 10.3 Å². The van der Waals surface area contributed by atoms with Crippen molar-refractivity contribution in [1.29, 1.82) is 0 Å². The molecule has 4 heterocycles. The van der Waals surface area contributed by atoms with E-state index < -0.39 is 0 Å². The molecular weight excluding hydrogens is 356 g/mol. The number of carbonyl (C=O) groups excluding carboxylic acids is 2. The topological polar surface area (TPSA) is 91.3 Å². The van der Waals surface area contributed by atoms with Crippen LogP contribution in [0.25, 0.3) is 0 Å². The van der Waals surface area contributed by atoms with Gasteiger partial charge >= 0.3 is 0 Å². The van der Waals surface area contributed by atoms with Crippen molar-refractivity contribution < 1.29 is 9.59 Å². The molecule has 1 atom stereocenters. The Morgan fingerprint density at radius 1 is 1.18 bits per heavy atom. The summed E-state index contributed by atoms with van der Waals surface area (Å²) >= 11 is 0. The molecule has 2 aliphatic heterocycles. The highest BCUT2D eigenvalue weighted by atomic mass is 16.2. The van der Waals surface area contributed by atoms with Gasteiger partial charge in [0.05, 0.1) is 18.3 Å². The van der Waals surface area contributed by atoms with E-state index in [4.69, 9.17) is 9.97 Å². The number of carbonyl (C=O) groups is 2. The molecule has 0 unspecified atom stereocenters. The number of likely N-dealkylation sites (tertiary alicyclic amines) is 1. The molecular formula is C20H24N6O2. The summed E-state index contributed by atoms with van der Waals surface area (Å²) < 4.78 is 0. The van der Waals surface area contributed by atoms with Crippen LogP contribution in [0.4, 0.5) is 5.82 Å². The average molecular weight is 380 g/mol. The number of hydrogen-bond donors (Lipinski definition) is 1. The number of pyridine rings is 1. The van der Waals surface area contributed by atoms with Crippen molar-refractivity contribution in [3.8, 4) is 0 Å². The lowest BCUT2D eigenvalue weighted by molar-refractivity contribution is -0.129. The summed E-state index contributed by atoms with van der Waals surface area (Å²) in [6.07, 6.45) is 5.73. The monoisotopic (exact) mass is 380 g/mol. The van der Waals surface area contributed by atoms with Crippen molar-refractivity contribution in [2.45, 2.75) is 38.8 Å². The van der Waals surface area contributed by atoms with E-state index in [0.29, 0.717) is 37.4 Å². The van der Waals surface area contributed by atoms with Crippen LogP contribution in [-0.4, -0.2) is 56.7 Å². The highest BCUT2D eigenvalue weighted by Crippen LogP contribution is 2.34. The summed E-state index contributed by atoms with van der Waals surface area (Å²) in [6.45, 7) is 3.46. The number of anilines is 1. The molecule has 1 saturated heterocycles. The first-order valence-corrected chi connectivity index (χ1v) is 9.62. The van der Waals surface area contributed by atoms with Gasteiger partial charge in [0.1, 0.15) is 5.82 Å². The normalized spacial score (nSPS) is 18.7. The predicted molar refractivity (Wildman–Crippen MR) is 104 cm³/mol. The standard InChI is InChI=1S/C20H24N6O2/c1-13(27)25-11-7-16-15(12-25)18(21-2)24-19(23-16)17-4-3-10-26(17)20(28)14-5-8-22-9-6-14/h5-6,8-9,17H,3-4,7,10-12H2,1-2H3,(H,21,23,24)/t17-/m0/s1. The first-order valence-electron chi connectivity index (χ1n) is 9.62. The third-order valence-electron chi connectivity index (χ3n) is 5.50. The van der Waals surface area contributed by atoms with E-state index in [1.807, 2.05) is 11.9 Å². The third kappa shape index (κ3) is 3.30. The van der Waals surface area contributed by atoms with Crippen LogP contribution >= 0.6 is 0 Å². The van der Waals surface area contributed by atoms with Crippen LogP contribution in [0.2, 0.25) is 0 Å². The molecule has 4 rings (SSSR count). The highest BCUT2D eigenvalue weighted by Gasteiger charge is 2.34. The van der Waals surface area contributed by atoms with Crippen molar-refractivity contribution in [1.82, 2.24) is 24.8 Å². The summed E-state index contributed by atoms with van der Waals surface area (Å²) in [5.74, 6) is 1.47. The molecule has 8 heteroatoms. The molecule has 0 radical (unpaired) electrons.